The lowest BCUT2D eigenvalue weighted by Crippen LogP contribution is -2.24. The Labute approximate surface area is 102 Å². The van der Waals surface area contributed by atoms with E-state index in [1.165, 1.54) is 6.42 Å². The molecule has 0 saturated heterocycles. The molecule has 0 aliphatic carbocycles. The number of nitrogens with zero attached hydrogens (tertiary/aromatic N) is 3. The molecule has 0 bridgehead atoms. The van der Waals surface area contributed by atoms with Gasteiger partial charge >= 0.3 is 0 Å². The summed E-state index contributed by atoms with van der Waals surface area (Å²) in [5.74, 6) is 0.0353. The summed E-state index contributed by atoms with van der Waals surface area (Å²) in [6.45, 7) is 6.27. The first kappa shape index (κ1) is 13.3. The molecule has 0 saturated carbocycles. The maximum atomic E-state index is 8.54. The van der Waals surface area contributed by atoms with E-state index in [0.29, 0.717) is 5.69 Å². The maximum absolute atomic E-state index is 8.54. The van der Waals surface area contributed by atoms with Crippen molar-refractivity contribution < 1.29 is 5.21 Å². The molecule has 1 heterocycles. The summed E-state index contributed by atoms with van der Waals surface area (Å²) in [7, 11) is 0. The van der Waals surface area contributed by atoms with E-state index >= 15 is 0 Å². The lowest BCUT2D eigenvalue weighted by Gasteiger charge is -2.22. The summed E-state index contributed by atoms with van der Waals surface area (Å²) in [4.78, 5) is 6.43. The van der Waals surface area contributed by atoms with Gasteiger partial charge in [0.05, 0.1) is 11.9 Å². The predicted octanol–water partition coefficient (Wildman–Crippen LogP) is 1.80. The molecule has 94 valence electrons. The predicted molar refractivity (Wildman–Crippen MR) is 69.5 cm³/mol. The van der Waals surface area contributed by atoms with E-state index in [1.54, 1.807) is 12.3 Å². The van der Waals surface area contributed by atoms with Crippen molar-refractivity contribution in [3.8, 4) is 0 Å². The third-order valence-electron chi connectivity index (χ3n) is 2.65. The van der Waals surface area contributed by atoms with E-state index in [4.69, 9.17) is 10.9 Å². The number of anilines is 1. The minimum atomic E-state index is 0.0353. The summed E-state index contributed by atoms with van der Waals surface area (Å²) in [6, 6.07) is 3.71. The van der Waals surface area contributed by atoms with Crippen molar-refractivity contribution in [2.75, 3.05) is 18.0 Å². The van der Waals surface area contributed by atoms with Gasteiger partial charge in [-0.15, -0.1) is 0 Å². The van der Waals surface area contributed by atoms with Crippen LogP contribution in [-0.4, -0.2) is 29.1 Å². The molecular formula is C12H20N4O. The van der Waals surface area contributed by atoms with Gasteiger partial charge < -0.3 is 15.8 Å². The number of rotatable bonds is 6. The van der Waals surface area contributed by atoms with Crippen LogP contribution in [0.15, 0.2) is 23.5 Å². The van der Waals surface area contributed by atoms with Crippen LogP contribution >= 0.6 is 0 Å². The number of amidine groups is 1. The Kier molecular flexibility index (Phi) is 5.26. The van der Waals surface area contributed by atoms with Crippen LogP contribution in [0.3, 0.4) is 0 Å². The third-order valence-corrected chi connectivity index (χ3v) is 2.65. The second kappa shape index (κ2) is 6.73. The Bertz CT molecular complexity index is 361. The zero-order valence-corrected chi connectivity index (χ0v) is 10.4. The molecule has 1 rings (SSSR count). The molecule has 0 atom stereocenters. The van der Waals surface area contributed by atoms with Gasteiger partial charge in [-0.25, -0.2) is 0 Å². The molecule has 5 heteroatoms. The summed E-state index contributed by atoms with van der Waals surface area (Å²) in [6.07, 6.45) is 4.09. The molecule has 1 aromatic heterocycles. The van der Waals surface area contributed by atoms with Gasteiger partial charge in [0.2, 0.25) is 0 Å². The molecule has 17 heavy (non-hydrogen) atoms. The first-order chi connectivity index (χ1) is 8.22. The zero-order chi connectivity index (χ0) is 12.7. The monoisotopic (exact) mass is 236 g/mol. The summed E-state index contributed by atoms with van der Waals surface area (Å²) in [5, 5.41) is 11.5. The van der Waals surface area contributed by atoms with E-state index in [2.05, 4.69) is 28.9 Å². The second-order valence-electron chi connectivity index (χ2n) is 3.82. The quantitative estimate of drug-likeness (QED) is 0.342. The van der Waals surface area contributed by atoms with Crippen molar-refractivity contribution in [1.82, 2.24) is 4.98 Å². The Balaban J connectivity index is 2.77. The highest BCUT2D eigenvalue weighted by atomic mass is 16.4. The van der Waals surface area contributed by atoms with E-state index in [1.807, 2.05) is 6.07 Å². The summed E-state index contributed by atoms with van der Waals surface area (Å²) < 4.78 is 0. The molecule has 0 aliphatic heterocycles. The minimum Gasteiger partial charge on any atom is -0.409 e. The second-order valence-corrected chi connectivity index (χ2v) is 3.82. The number of aromatic nitrogens is 1. The number of oxime groups is 1. The Morgan fingerprint density at radius 3 is 2.71 bits per heavy atom. The van der Waals surface area contributed by atoms with Crippen LogP contribution in [0, 0.1) is 0 Å². The van der Waals surface area contributed by atoms with E-state index < -0.39 is 0 Å². The van der Waals surface area contributed by atoms with Crippen molar-refractivity contribution in [3.63, 3.8) is 0 Å². The van der Waals surface area contributed by atoms with Gasteiger partial charge in [-0.05, 0) is 25.5 Å². The molecule has 0 aromatic carbocycles. The molecule has 1 aromatic rings. The Hall–Kier alpha value is -1.78. The lowest BCUT2D eigenvalue weighted by molar-refractivity contribution is 0.318. The number of nitrogens with two attached hydrogens (primary N) is 1. The van der Waals surface area contributed by atoms with Gasteiger partial charge in [0.15, 0.2) is 5.84 Å². The fraction of sp³-hybridized carbons (Fsp3) is 0.500. The first-order valence-electron chi connectivity index (χ1n) is 5.91. The first-order valence-corrected chi connectivity index (χ1v) is 5.91. The van der Waals surface area contributed by atoms with Gasteiger partial charge in [-0.1, -0.05) is 18.5 Å². The molecule has 0 aliphatic rings. The van der Waals surface area contributed by atoms with E-state index in [0.717, 1.165) is 25.2 Å². The standard InChI is InChI=1S/C12H20N4O/c1-3-5-8-16(4-2)10-6-7-11(14-9-10)12(13)15-17/h6-7,9,17H,3-5,8H2,1-2H3,(H2,13,15). The van der Waals surface area contributed by atoms with Gasteiger partial charge in [0.1, 0.15) is 5.69 Å². The minimum absolute atomic E-state index is 0.0353. The molecule has 0 fully saturated rings. The number of hydrogen-bond acceptors (Lipinski definition) is 4. The van der Waals surface area contributed by atoms with Gasteiger partial charge in [0.25, 0.3) is 0 Å². The fourth-order valence-electron chi connectivity index (χ4n) is 1.59. The van der Waals surface area contributed by atoms with Crippen LogP contribution in [0.25, 0.3) is 0 Å². The molecule has 3 N–H and O–H groups in total. The zero-order valence-electron chi connectivity index (χ0n) is 10.4. The number of unbranched alkanes of at least 4 members (excludes halogenated alkanes) is 1. The smallest absolute Gasteiger partial charge is 0.188 e. The molecular weight excluding hydrogens is 216 g/mol. The molecule has 5 nitrogen and oxygen atoms in total. The number of pyridine rings is 1. The van der Waals surface area contributed by atoms with Gasteiger partial charge in [-0.3, -0.25) is 4.98 Å². The topological polar surface area (TPSA) is 74.7 Å². The van der Waals surface area contributed by atoms with Crippen LogP contribution in [0.2, 0.25) is 0 Å². The van der Waals surface area contributed by atoms with Crippen LogP contribution in [-0.2, 0) is 0 Å². The summed E-state index contributed by atoms with van der Waals surface area (Å²) in [5.41, 5.74) is 7.01. The highest BCUT2D eigenvalue weighted by Gasteiger charge is 2.05. The van der Waals surface area contributed by atoms with E-state index in [9.17, 15) is 0 Å². The third kappa shape index (κ3) is 3.62. The average Bonchev–Trinajstić information content (AvgIpc) is 2.39. The normalized spacial score (nSPS) is 11.5. The van der Waals surface area contributed by atoms with Crippen LogP contribution in [0.1, 0.15) is 32.4 Å². The van der Waals surface area contributed by atoms with Crippen LogP contribution in [0.4, 0.5) is 5.69 Å². The van der Waals surface area contributed by atoms with E-state index in [-0.39, 0.29) is 5.84 Å². The largest absolute Gasteiger partial charge is 0.409 e. The molecule has 0 unspecified atom stereocenters. The van der Waals surface area contributed by atoms with Crippen LogP contribution < -0.4 is 10.6 Å². The van der Waals surface area contributed by atoms with Crippen LogP contribution in [0.5, 0.6) is 0 Å². The van der Waals surface area contributed by atoms with Crippen molar-refractivity contribution in [3.05, 3.63) is 24.0 Å². The Morgan fingerprint density at radius 2 is 2.24 bits per heavy atom. The lowest BCUT2D eigenvalue weighted by atomic mass is 10.2. The van der Waals surface area contributed by atoms with Crippen molar-refractivity contribution >= 4 is 11.5 Å². The fourth-order valence-corrected chi connectivity index (χ4v) is 1.59. The number of hydrogen-bond donors (Lipinski definition) is 2. The molecule has 0 amide bonds. The van der Waals surface area contributed by atoms with Gasteiger partial charge in [-0.2, -0.15) is 0 Å². The highest BCUT2D eigenvalue weighted by Crippen LogP contribution is 2.13. The summed E-state index contributed by atoms with van der Waals surface area (Å²) >= 11 is 0. The molecule has 0 radical (unpaired) electrons. The van der Waals surface area contributed by atoms with Crippen molar-refractivity contribution in [2.45, 2.75) is 26.7 Å². The Morgan fingerprint density at radius 1 is 1.47 bits per heavy atom. The van der Waals surface area contributed by atoms with Crippen molar-refractivity contribution in [1.29, 1.82) is 0 Å². The van der Waals surface area contributed by atoms with Crippen molar-refractivity contribution in [2.24, 2.45) is 10.9 Å². The van der Waals surface area contributed by atoms with Gasteiger partial charge in [0, 0.05) is 13.1 Å². The average molecular weight is 236 g/mol. The highest BCUT2D eigenvalue weighted by molar-refractivity contribution is 5.95. The molecule has 0 spiro atoms. The maximum Gasteiger partial charge on any atom is 0.188 e. The SMILES string of the molecule is CCCCN(CC)c1ccc(/C(N)=N/O)nc1.